The first-order valence-corrected chi connectivity index (χ1v) is 10.3. The van der Waals surface area contributed by atoms with Crippen molar-refractivity contribution in [2.75, 3.05) is 0 Å². The zero-order valence-electron chi connectivity index (χ0n) is 18.8. The van der Waals surface area contributed by atoms with Gasteiger partial charge in [0.15, 0.2) is 0 Å². The third kappa shape index (κ3) is 6.01. The maximum Gasteiger partial charge on any atom is 0.275 e. The molecule has 2 amide bonds. The van der Waals surface area contributed by atoms with Crippen LogP contribution in [-0.4, -0.2) is 22.9 Å². The Morgan fingerprint density at radius 3 is 1.97 bits per heavy atom. The quantitative estimate of drug-likeness (QED) is 0.511. The third-order valence-corrected chi connectivity index (χ3v) is 5.05. The first-order valence-electron chi connectivity index (χ1n) is 10.3. The van der Waals surface area contributed by atoms with Crippen LogP contribution in [-0.2, 0) is 0 Å². The van der Waals surface area contributed by atoms with Crippen LogP contribution in [0.25, 0.3) is 0 Å². The predicted octanol–water partition coefficient (Wildman–Crippen LogP) is 5.61. The molecule has 29 heavy (non-hydrogen) atoms. The van der Waals surface area contributed by atoms with Gasteiger partial charge in [-0.25, -0.2) is 10.4 Å². The van der Waals surface area contributed by atoms with Gasteiger partial charge in [-0.05, 0) is 56.9 Å². The zero-order valence-corrected chi connectivity index (χ0v) is 18.8. The van der Waals surface area contributed by atoms with E-state index in [2.05, 4.69) is 33.1 Å². The number of hydrogen-bond donors (Lipinski definition) is 1. The number of amides is 2. The molecule has 156 valence electrons. The summed E-state index contributed by atoms with van der Waals surface area (Å²) in [5.41, 5.74) is 7.17. The second-order valence-corrected chi connectivity index (χ2v) is 9.03. The molecule has 0 aliphatic heterocycles. The second-order valence-electron chi connectivity index (χ2n) is 9.03. The average molecular weight is 395 g/mol. The Morgan fingerprint density at radius 1 is 0.897 bits per heavy atom. The topological polar surface area (TPSA) is 49.4 Å². The van der Waals surface area contributed by atoms with Crippen molar-refractivity contribution >= 4 is 11.8 Å². The van der Waals surface area contributed by atoms with Gasteiger partial charge in [-0.1, -0.05) is 69.0 Å². The lowest BCUT2D eigenvalue weighted by Crippen LogP contribution is -2.55. The third-order valence-electron chi connectivity index (χ3n) is 5.05. The van der Waals surface area contributed by atoms with E-state index < -0.39 is 0 Å². The summed E-state index contributed by atoms with van der Waals surface area (Å²) in [6.45, 7) is 14.3. The minimum absolute atomic E-state index is 0.0175. The van der Waals surface area contributed by atoms with Crippen LogP contribution in [0.5, 0.6) is 0 Å². The number of imide groups is 1. The van der Waals surface area contributed by atoms with Crippen molar-refractivity contribution in [3.05, 3.63) is 70.3 Å². The van der Waals surface area contributed by atoms with Crippen LogP contribution in [0.3, 0.4) is 0 Å². The van der Waals surface area contributed by atoms with Crippen LogP contribution in [0, 0.1) is 26.2 Å². The SMILES string of the molecule is CCC[C@@H](NN(C(=O)c1cccc(C)c1)C(=O)c1cc(C)cc(C)c1)C(C)(C)C. The number of nitrogens with one attached hydrogen (secondary N) is 1. The Labute approximate surface area is 175 Å². The highest BCUT2D eigenvalue weighted by Gasteiger charge is 2.32. The molecular weight excluding hydrogens is 360 g/mol. The van der Waals surface area contributed by atoms with E-state index in [0.717, 1.165) is 29.5 Å². The van der Waals surface area contributed by atoms with E-state index in [9.17, 15) is 9.59 Å². The largest absolute Gasteiger partial charge is 0.275 e. The highest BCUT2D eigenvalue weighted by atomic mass is 16.2. The Kier molecular flexibility index (Phi) is 7.37. The Morgan fingerprint density at radius 2 is 1.45 bits per heavy atom. The van der Waals surface area contributed by atoms with Crippen LogP contribution in [0.1, 0.15) is 77.9 Å². The first kappa shape index (κ1) is 22.8. The van der Waals surface area contributed by atoms with Crippen LogP contribution in [0.2, 0.25) is 0 Å². The summed E-state index contributed by atoms with van der Waals surface area (Å²) in [6.07, 6.45) is 1.82. The van der Waals surface area contributed by atoms with Crippen molar-refractivity contribution < 1.29 is 9.59 Å². The van der Waals surface area contributed by atoms with Crippen molar-refractivity contribution in [1.82, 2.24) is 10.4 Å². The second kappa shape index (κ2) is 9.36. The molecule has 1 atom stereocenters. The average Bonchev–Trinajstić information content (AvgIpc) is 2.62. The summed E-state index contributed by atoms with van der Waals surface area (Å²) >= 11 is 0. The summed E-state index contributed by atoms with van der Waals surface area (Å²) in [6, 6.07) is 13.0. The number of hydrazine groups is 1. The van der Waals surface area contributed by atoms with E-state index in [1.54, 1.807) is 6.07 Å². The number of hydrogen-bond acceptors (Lipinski definition) is 3. The molecule has 0 radical (unpaired) electrons. The standard InChI is InChI=1S/C25H34N2O2/c1-8-10-22(25(5,6)7)26-27(23(28)20-12-9-11-17(2)14-20)24(29)21-15-18(3)13-19(4)16-21/h9,11-16,22,26H,8,10H2,1-7H3/t22-/m1/s1. The molecule has 0 aliphatic rings. The van der Waals surface area contributed by atoms with Crippen molar-refractivity contribution in [3.8, 4) is 0 Å². The highest BCUT2D eigenvalue weighted by molar-refractivity contribution is 6.10. The van der Waals surface area contributed by atoms with Gasteiger partial charge in [0.2, 0.25) is 0 Å². The number of nitrogens with zero attached hydrogens (tertiary/aromatic N) is 1. The molecule has 4 nitrogen and oxygen atoms in total. The molecule has 0 spiro atoms. The van der Waals surface area contributed by atoms with Gasteiger partial charge in [-0.15, -0.1) is 0 Å². The van der Waals surface area contributed by atoms with Gasteiger partial charge >= 0.3 is 0 Å². The molecule has 2 aromatic carbocycles. The lowest BCUT2D eigenvalue weighted by molar-refractivity contribution is 0.0425. The van der Waals surface area contributed by atoms with Crippen LogP contribution < -0.4 is 5.43 Å². The molecule has 0 saturated carbocycles. The van der Waals surface area contributed by atoms with E-state index in [1.165, 1.54) is 5.01 Å². The van der Waals surface area contributed by atoms with Gasteiger partial charge in [-0.3, -0.25) is 9.59 Å². The minimum atomic E-state index is -0.330. The summed E-state index contributed by atoms with van der Waals surface area (Å²) in [5.74, 6) is -0.656. The van der Waals surface area contributed by atoms with Gasteiger partial charge in [0.1, 0.15) is 0 Å². The van der Waals surface area contributed by atoms with E-state index in [0.29, 0.717) is 11.1 Å². The predicted molar refractivity (Wildman–Crippen MR) is 119 cm³/mol. The van der Waals surface area contributed by atoms with E-state index in [-0.39, 0.29) is 23.3 Å². The van der Waals surface area contributed by atoms with Crippen molar-refractivity contribution in [1.29, 1.82) is 0 Å². The van der Waals surface area contributed by atoms with Crippen LogP contribution in [0.4, 0.5) is 0 Å². The summed E-state index contributed by atoms with van der Waals surface area (Å²) < 4.78 is 0. The fourth-order valence-electron chi connectivity index (χ4n) is 3.48. The highest BCUT2D eigenvalue weighted by Crippen LogP contribution is 2.24. The van der Waals surface area contributed by atoms with Crippen LogP contribution in [0.15, 0.2) is 42.5 Å². The lowest BCUT2D eigenvalue weighted by atomic mass is 9.84. The molecule has 0 bridgehead atoms. The molecule has 4 heteroatoms. The van der Waals surface area contributed by atoms with Gasteiger partial charge < -0.3 is 0 Å². The number of benzene rings is 2. The molecular formula is C25H34N2O2. The fraction of sp³-hybridized carbons (Fsp3) is 0.440. The fourth-order valence-corrected chi connectivity index (χ4v) is 3.48. The molecule has 0 aliphatic carbocycles. The van der Waals surface area contributed by atoms with E-state index >= 15 is 0 Å². The Balaban J connectivity index is 2.49. The zero-order chi connectivity index (χ0) is 21.8. The molecule has 0 aromatic heterocycles. The number of rotatable bonds is 6. The first-order chi connectivity index (χ1) is 13.5. The number of aryl methyl sites for hydroxylation is 3. The van der Waals surface area contributed by atoms with Crippen molar-refractivity contribution in [2.45, 2.75) is 67.3 Å². The maximum absolute atomic E-state index is 13.5. The molecule has 0 saturated heterocycles. The molecule has 0 unspecified atom stereocenters. The van der Waals surface area contributed by atoms with E-state index in [4.69, 9.17) is 0 Å². The van der Waals surface area contributed by atoms with Gasteiger partial charge in [0.05, 0.1) is 0 Å². The number of carbonyl (C=O) groups excluding carboxylic acids is 2. The summed E-state index contributed by atoms with van der Waals surface area (Å²) in [7, 11) is 0. The summed E-state index contributed by atoms with van der Waals surface area (Å²) in [4.78, 5) is 26.8. The van der Waals surface area contributed by atoms with Gasteiger partial charge in [0, 0.05) is 17.2 Å². The molecule has 0 fully saturated rings. The van der Waals surface area contributed by atoms with Crippen LogP contribution >= 0.6 is 0 Å². The van der Waals surface area contributed by atoms with E-state index in [1.807, 2.05) is 57.2 Å². The minimum Gasteiger partial charge on any atom is -0.267 e. The number of carbonyl (C=O) groups is 2. The molecule has 0 heterocycles. The maximum atomic E-state index is 13.5. The van der Waals surface area contributed by atoms with Crippen molar-refractivity contribution in [2.24, 2.45) is 5.41 Å². The van der Waals surface area contributed by atoms with Gasteiger partial charge in [-0.2, -0.15) is 0 Å². The summed E-state index contributed by atoms with van der Waals surface area (Å²) in [5, 5.41) is 1.22. The van der Waals surface area contributed by atoms with Crippen molar-refractivity contribution in [3.63, 3.8) is 0 Å². The molecule has 1 N–H and O–H groups in total. The molecule has 2 rings (SSSR count). The Bertz CT molecular complexity index is 860. The van der Waals surface area contributed by atoms with Gasteiger partial charge in [0.25, 0.3) is 11.8 Å². The lowest BCUT2D eigenvalue weighted by Gasteiger charge is -2.35. The smallest absolute Gasteiger partial charge is 0.267 e. The normalized spacial score (nSPS) is 12.5. The monoisotopic (exact) mass is 394 g/mol. The molecule has 2 aromatic rings. The Hall–Kier alpha value is -2.46.